The van der Waals surface area contributed by atoms with Crippen LogP contribution in [0, 0.1) is 11.8 Å². The van der Waals surface area contributed by atoms with Crippen molar-refractivity contribution in [3.8, 4) is 17.6 Å². The fourth-order valence-corrected chi connectivity index (χ4v) is 7.16. The maximum absolute atomic E-state index is 15.0. The lowest BCUT2D eigenvalue weighted by Gasteiger charge is -2.40. The summed E-state index contributed by atoms with van der Waals surface area (Å²) < 4.78 is 68.2. The molecule has 2 N–H and O–H groups in total. The van der Waals surface area contributed by atoms with E-state index in [-0.39, 0.29) is 29.6 Å². The lowest BCUT2D eigenvalue weighted by atomic mass is 9.95. The number of ether oxygens (including phenoxy) is 1. The Balaban J connectivity index is 1.57. The molecule has 262 valence electrons. The molecule has 49 heavy (non-hydrogen) atoms. The number of carbonyl (C=O) groups is 1. The zero-order valence-electron chi connectivity index (χ0n) is 27.0. The molecule has 5 rings (SSSR count). The highest BCUT2D eigenvalue weighted by Crippen LogP contribution is 2.45. The number of hydrogen-bond donors (Lipinski definition) is 2. The Morgan fingerprint density at radius 2 is 1.49 bits per heavy atom. The minimum atomic E-state index is -4.68. The third-order valence-electron chi connectivity index (χ3n) is 8.54. The maximum atomic E-state index is 15.0. The fraction of sp³-hybridized carbons (Fsp3) is 0.400. The molecule has 3 atom stereocenters. The lowest BCUT2D eigenvalue weighted by Crippen LogP contribution is -2.62. The number of hydrogen-bond acceptors (Lipinski definition) is 7. The number of alkyl halides is 3. The number of sulfone groups is 1. The first-order valence-corrected chi connectivity index (χ1v) is 18.6. The van der Waals surface area contributed by atoms with Gasteiger partial charge in [-0.1, -0.05) is 59.5 Å². The van der Waals surface area contributed by atoms with Crippen LogP contribution in [0.1, 0.15) is 47.7 Å². The fourth-order valence-electron chi connectivity index (χ4n) is 6.25. The largest absolute Gasteiger partial charge is 0.493 e. The average molecular weight is 738 g/mol. The van der Waals surface area contributed by atoms with Crippen molar-refractivity contribution in [1.82, 2.24) is 20.4 Å². The van der Waals surface area contributed by atoms with Gasteiger partial charge < -0.3 is 9.64 Å². The maximum Gasteiger partial charge on any atom is 0.458 e. The lowest BCUT2D eigenvalue weighted by molar-refractivity contribution is -0.141. The summed E-state index contributed by atoms with van der Waals surface area (Å²) in [6.45, 7) is 4.34. The second kappa shape index (κ2) is 15.3. The van der Waals surface area contributed by atoms with E-state index >= 15 is 0 Å². The molecule has 2 aliphatic heterocycles. The Hall–Kier alpha value is -3.31. The van der Waals surface area contributed by atoms with Gasteiger partial charge in [-0.2, -0.15) is 13.2 Å². The summed E-state index contributed by atoms with van der Waals surface area (Å²) in [5.41, 5.74) is 0.563. The molecular formula is C35H37Cl2F3N4O4S. The Kier molecular flexibility index (Phi) is 11.5. The van der Waals surface area contributed by atoms with Crippen LogP contribution in [-0.4, -0.2) is 81.6 Å². The van der Waals surface area contributed by atoms with Crippen molar-refractivity contribution in [3.05, 3.63) is 99.0 Å². The molecule has 0 radical (unpaired) electrons. The molecule has 3 aromatic rings. The van der Waals surface area contributed by atoms with Gasteiger partial charge in [0.15, 0.2) is 5.66 Å². The van der Waals surface area contributed by atoms with E-state index < -0.39 is 33.8 Å². The molecule has 2 saturated heterocycles. The molecule has 0 saturated carbocycles. The summed E-state index contributed by atoms with van der Waals surface area (Å²) in [6, 6.07) is 18.1. The van der Waals surface area contributed by atoms with Crippen molar-refractivity contribution in [2.24, 2.45) is 0 Å². The predicted molar refractivity (Wildman–Crippen MR) is 184 cm³/mol. The van der Waals surface area contributed by atoms with Crippen LogP contribution in [-0.2, 0) is 20.3 Å². The number of nitrogens with zero attached hydrogens (tertiary/aromatic N) is 2. The zero-order chi connectivity index (χ0) is 35.4. The van der Waals surface area contributed by atoms with Gasteiger partial charge in [-0.15, -0.1) is 0 Å². The number of piperazine rings is 1. The van der Waals surface area contributed by atoms with Crippen molar-refractivity contribution in [1.29, 1.82) is 0 Å². The SMILES string of the molecule is CCOc1cc(C#CC(F)(F)F)ccc1C1(C(=O)N2CCN(CCCS(C)(=O)=O)CC2)N[C@H](c2ccc(Cl)cc2)[C@H](c2ccc(Cl)cc2)N1. The van der Waals surface area contributed by atoms with Gasteiger partial charge in [0.2, 0.25) is 0 Å². The number of benzene rings is 3. The monoisotopic (exact) mass is 736 g/mol. The zero-order valence-corrected chi connectivity index (χ0v) is 29.3. The second-order valence-electron chi connectivity index (χ2n) is 12.1. The minimum absolute atomic E-state index is 0.0799. The van der Waals surface area contributed by atoms with Crippen LogP contribution >= 0.6 is 23.2 Å². The second-order valence-corrected chi connectivity index (χ2v) is 15.2. The third-order valence-corrected chi connectivity index (χ3v) is 10.1. The Morgan fingerprint density at radius 1 is 0.939 bits per heavy atom. The summed E-state index contributed by atoms with van der Waals surface area (Å²) in [7, 11) is -3.08. The van der Waals surface area contributed by atoms with Gasteiger partial charge in [-0.05, 0) is 67.4 Å². The van der Waals surface area contributed by atoms with Crippen LogP contribution in [0.15, 0.2) is 66.7 Å². The summed E-state index contributed by atoms with van der Waals surface area (Å²) in [6.07, 6.45) is -2.97. The molecule has 0 spiro atoms. The first-order chi connectivity index (χ1) is 23.2. The molecule has 0 aliphatic carbocycles. The smallest absolute Gasteiger partial charge is 0.458 e. The van der Waals surface area contributed by atoms with E-state index in [1.54, 1.807) is 42.2 Å². The van der Waals surface area contributed by atoms with E-state index in [2.05, 4.69) is 21.5 Å². The predicted octanol–water partition coefficient (Wildman–Crippen LogP) is 5.71. The Bertz CT molecular complexity index is 1750. The molecule has 2 aliphatic rings. The molecule has 8 nitrogen and oxygen atoms in total. The molecular weight excluding hydrogens is 700 g/mol. The van der Waals surface area contributed by atoms with E-state index in [9.17, 15) is 26.4 Å². The molecule has 3 aromatic carbocycles. The van der Waals surface area contributed by atoms with E-state index in [1.807, 2.05) is 24.3 Å². The standard InChI is InChI=1S/C35H37Cl2F3N4O4S/c1-3-48-30-23-24(15-16-34(38,39)40)5-14-29(30)35(33(45)44-20-18-43(19-21-44)17-4-22-49(2,46)47)41-31(25-6-10-27(36)11-7-25)32(42-35)26-8-12-28(37)13-9-26/h5-14,23,31-32,41-42H,3-4,17-22H2,1-2H3/t31-,32+,35?. The molecule has 1 unspecified atom stereocenters. The van der Waals surface area contributed by atoms with E-state index in [1.165, 1.54) is 24.3 Å². The molecule has 2 fully saturated rings. The van der Waals surface area contributed by atoms with Crippen molar-refractivity contribution in [3.63, 3.8) is 0 Å². The number of halogens is 5. The normalized spacial score (nSPS) is 21.7. The van der Waals surface area contributed by atoms with Gasteiger partial charge in [0.1, 0.15) is 15.6 Å². The van der Waals surface area contributed by atoms with Gasteiger partial charge in [0, 0.05) is 59.5 Å². The first-order valence-electron chi connectivity index (χ1n) is 15.8. The average Bonchev–Trinajstić information content (AvgIpc) is 3.45. The molecule has 0 bridgehead atoms. The Morgan fingerprint density at radius 3 is 1.98 bits per heavy atom. The number of nitrogens with one attached hydrogen (secondary N) is 2. The van der Waals surface area contributed by atoms with Crippen LogP contribution in [0.5, 0.6) is 5.75 Å². The van der Waals surface area contributed by atoms with Crippen LogP contribution < -0.4 is 15.4 Å². The van der Waals surface area contributed by atoms with Gasteiger partial charge in [-0.3, -0.25) is 20.3 Å². The van der Waals surface area contributed by atoms with Crippen molar-refractivity contribution in [2.45, 2.75) is 37.3 Å². The highest BCUT2D eigenvalue weighted by atomic mass is 35.5. The summed E-state index contributed by atoms with van der Waals surface area (Å²) in [4.78, 5) is 18.8. The number of carbonyl (C=O) groups excluding carboxylic acids is 1. The highest BCUT2D eigenvalue weighted by Gasteiger charge is 2.54. The van der Waals surface area contributed by atoms with E-state index in [4.69, 9.17) is 27.9 Å². The van der Waals surface area contributed by atoms with Crippen LogP contribution in [0.4, 0.5) is 13.2 Å². The third kappa shape index (κ3) is 9.28. The Labute approximate surface area is 294 Å². The summed E-state index contributed by atoms with van der Waals surface area (Å²) in [5.74, 6) is 3.45. The van der Waals surface area contributed by atoms with Crippen molar-refractivity contribution < 1.29 is 31.1 Å². The van der Waals surface area contributed by atoms with Crippen molar-refractivity contribution in [2.75, 3.05) is 51.3 Å². The summed E-state index contributed by atoms with van der Waals surface area (Å²) in [5, 5.41) is 8.29. The van der Waals surface area contributed by atoms with E-state index in [0.717, 1.165) is 11.1 Å². The minimum Gasteiger partial charge on any atom is -0.493 e. The number of amides is 1. The molecule has 14 heteroatoms. The van der Waals surface area contributed by atoms with Gasteiger partial charge in [-0.25, -0.2) is 8.42 Å². The number of rotatable bonds is 10. The summed E-state index contributed by atoms with van der Waals surface area (Å²) >= 11 is 12.5. The van der Waals surface area contributed by atoms with Gasteiger partial charge in [0.25, 0.3) is 5.91 Å². The van der Waals surface area contributed by atoms with Gasteiger partial charge in [0.05, 0.1) is 24.4 Å². The topological polar surface area (TPSA) is 91.0 Å². The molecule has 2 heterocycles. The van der Waals surface area contributed by atoms with E-state index in [0.29, 0.717) is 54.8 Å². The molecule has 0 aromatic heterocycles. The quantitative estimate of drug-likeness (QED) is 0.258. The molecule has 1 amide bonds. The van der Waals surface area contributed by atoms with Crippen LogP contribution in [0.2, 0.25) is 10.0 Å². The van der Waals surface area contributed by atoms with Crippen LogP contribution in [0.3, 0.4) is 0 Å². The first kappa shape index (κ1) is 37.0. The van der Waals surface area contributed by atoms with Gasteiger partial charge >= 0.3 is 6.18 Å². The van der Waals surface area contributed by atoms with Crippen LogP contribution in [0.25, 0.3) is 0 Å². The van der Waals surface area contributed by atoms with Crippen molar-refractivity contribution >= 4 is 38.9 Å². The highest BCUT2D eigenvalue weighted by molar-refractivity contribution is 7.90.